The van der Waals surface area contributed by atoms with E-state index in [2.05, 4.69) is 27.7 Å². The molecule has 0 bridgehead atoms. The number of nitrogens with two attached hydrogens (primary N) is 1. The molecule has 1 aromatic carbocycles. The van der Waals surface area contributed by atoms with Crippen molar-refractivity contribution in [2.45, 2.75) is 0 Å². The minimum atomic E-state index is 0.716. The number of nitrogen functional groups attached to an aromatic ring is 1. The number of nitrogens with zero attached hydrogens (tertiary/aromatic N) is 2. The minimum absolute atomic E-state index is 0.716. The van der Waals surface area contributed by atoms with Crippen LogP contribution in [-0.4, -0.2) is 9.78 Å². The summed E-state index contributed by atoms with van der Waals surface area (Å²) in [6, 6.07) is 8.15. The fourth-order valence-corrected chi connectivity index (χ4v) is 1.70. The highest BCUT2D eigenvalue weighted by Crippen LogP contribution is 2.23. The van der Waals surface area contributed by atoms with Gasteiger partial charge in [0, 0.05) is 22.4 Å². The van der Waals surface area contributed by atoms with E-state index in [-0.39, 0.29) is 0 Å². The van der Waals surface area contributed by atoms with Gasteiger partial charge in [-0.25, -0.2) is 0 Å². The molecular weight excluding hydrogens is 289 g/mol. The fourth-order valence-electron chi connectivity index (χ4n) is 1.34. The lowest BCUT2D eigenvalue weighted by molar-refractivity contribution is 0.771. The maximum Gasteiger partial charge on any atom is 0.115 e. The quantitative estimate of drug-likeness (QED) is 0.821. The lowest BCUT2D eigenvalue weighted by Gasteiger charge is -1.97. The number of hydrogen-bond acceptors (Lipinski definition) is 2. The van der Waals surface area contributed by atoms with Crippen LogP contribution in [0.4, 0.5) is 5.69 Å². The SMILES string of the molecule is Cn1cc(N)c(-c2ccc(I)cc2)n1. The monoisotopic (exact) mass is 299 g/mol. The van der Waals surface area contributed by atoms with E-state index in [9.17, 15) is 0 Å². The van der Waals surface area contributed by atoms with Crippen LogP contribution in [-0.2, 0) is 7.05 Å². The number of rotatable bonds is 1. The topological polar surface area (TPSA) is 43.8 Å². The standard InChI is InChI=1S/C10H10IN3/c1-14-6-9(12)10(13-14)7-2-4-8(11)5-3-7/h2-6H,12H2,1H3. The highest BCUT2D eigenvalue weighted by molar-refractivity contribution is 14.1. The molecule has 0 fully saturated rings. The molecule has 0 aliphatic heterocycles. The minimum Gasteiger partial charge on any atom is -0.396 e. The van der Waals surface area contributed by atoms with Crippen molar-refractivity contribution in [2.75, 3.05) is 5.73 Å². The van der Waals surface area contributed by atoms with Crippen molar-refractivity contribution in [1.82, 2.24) is 9.78 Å². The smallest absolute Gasteiger partial charge is 0.115 e. The van der Waals surface area contributed by atoms with Gasteiger partial charge in [0.25, 0.3) is 0 Å². The van der Waals surface area contributed by atoms with Gasteiger partial charge >= 0.3 is 0 Å². The molecule has 0 atom stereocenters. The number of aryl methyl sites for hydroxylation is 1. The van der Waals surface area contributed by atoms with Crippen molar-refractivity contribution >= 4 is 28.3 Å². The Balaban J connectivity index is 2.49. The first-order valence-electron chi connectivity index (χ1n) is 4.22. The van der Waals surface area contributed by atoms with Crippen molar-refractivity contribution in [3.8, 4) is 11.3 Å². The van der Waals surface area contributed by atoms with Gasteiger partial charge < -0.3 is 5.73 Å². The predicted octanol–water partition coefficient (Wildman–Crippen LogP) is 2.27. The Morgan fingerprint density at radius 2 is 1.93 bits per heavy atom. The Kier molecular flexibility index (Phi) is 2.45. The van der Waals surface area contributed by atoms with Crippen molar-refractivity contribution < 1.29 is 0 Å². The summed E-state index contributed by atoms with van der Waals surface area (Å²) in [5.74, 6) is 0. The molecule has 4 heteroatoms. The first-order chi connectivity index (χ1) is 6.66. The summed E-state index contributed by atoms with van der Waals surface area (Å²) >= 11 is 2.27. The third-order valence-electron chi connectivity index (χ3n) is 1.97. The van der Waals surface area contributed by atoms with Gasteiger partial charge in [0.2, 0.25) is 0 Å². The molecule has 0 unspecified atom stereocenters. The Hall–Kier alpha value is -1.04. The normalized spacial score (nSPS) is 10.4. The van der Waals surface area contributed by atoms with Gasteiger partial charge in [-0.15, -0.1) is 0 Å². The summed E-state index contributed by atoms with van der Waals surface area (Å²) in [6.07, 6.45) is 1.81. The molecule has 0 aliphatic carbocycles. The first-order valence-corrected chi connectivity index (χ1v) is 5.30. The van der Waals surface area contributed by atoms with Gasteiger partial charge in [0.1, 0.15) is 5.69 Å². The zero-order chi connectivity index (χ0) is 10.1. The summed E-state index contributed by atoms with van der Waals surface area (Å²) in [5.41, 5.74) is 8.45. The molecule has 0 aliphatic rings. The van der Waals surface area contributed by atoms with E-state index in [4.69, 9.17) is 5.73 Å². The molecule has 14 heavy (non-hydrogen) atoms. The second kappa shape index (κ2) is 3.61. The zero-order valence-electron chi connectivity index (χ0n) is 7.74. The third-order valence-corrected chi connectivity index (χ3v) is 2.69. The third kappa shape index (κ3) is 1.75. The van der Waals surface area contributed by atoms with Crippen molar-refractivity contribution in [1.29, 1.82) is 0 Å². The Bertz CT molecular complexity index is 445. The molecule has 0 saturated carbocycles. The lowest BCUT2D eigenvalue weighted by Crippen LogP contribution is -1.88. The molecule has 72 valence electrons. The second-order valence-corrected chi connectivity index (χ2v) is 4.36. The maximum atomic E-state index is 5.83. The Morgan fingerprint density at radius 1 is 1.29 bits per heavy atom. The average Bonchev–Trinajstić information content (AvgIpc) is 2.47. The van der Waals surface area contributed by atoms with Crippen LogP contribution in [0.5, 0.6) is 0 Å². The molecule has 2 aromatic rings. The van der Waals surface area contributed by atoms with Gasteiger partial charge in [-0.2, -0.15) is 5.10 Å². The summed E-state index contributed by atoms with van der Waals surface area (Å²) in [6.45, 7) is 0. The summed E-state index contributed by atoms with van der Waals surface area (Å²) in [4.78, 5) is 0. The molecule has 0 spiro atoms. The van der Waals surface area contributed by atoms with Crippen LogP contribution in [0.2, 0.25) is 0 Å². The van der Waals surface area contributed by atoms with Crippen LogP contribution in [0.15, 0.2) is 30.5 Å². The van der Waals surface area contributed by atoms with Crippen LogP contribution in [0.25, 0.3) is 11.3 Å². The molecule has 2 rings (SSSR count). The van der Waals surface area contributed by atoms with E-state index in [1.165, 1.54) is 3.57 Å². The number of halogens is 1. The van der Waals surface area contributed by atoms with Gasteiger partial charge in [-0.05, 0) is 34.7 Å². The number of anilines is 1. The molecule has 3 nitrogen and oxygen atoms in total. The maximum absolute atomic E-state index is 5.83. The molecule has 1 heterocycles. The molecule has 2 N–H and O–H groups in total. The second-order valence-electron chi connectivity index (χ2n) is 3.11. The van der Waals surface area contributed by atoms with E-state index >= 15 is 0 Å². The van der Waals surface area contributed by atoms with Crippen LogP contribution in [0.3, 0.4) is 0 Å². The molecule has 0 radical (unpaired) electrons. The number of hydrogen-bond donors (Lipinski definition) is 1. The van der Waals surface area contributed by atoms with Gasteiger partial charge in [-0.1, -0.05) is 12.1 Å². The van der Waals surface area contributed by atoms with Crippen molar-refractivity contribution in [3.05, 3.63) is 34.0 Å². The fraction of sp³-hybridized carbons (Fsp3) is 0.100. The van der Waals surface area contributed by atoms with Crippen molar-refractivity contribution in [3.63, 3.8) is 0 Å². The van der Waals surface area contributed by atoms with E-state index in [0.717, 1.165) is 11.3 Å². The Labute approximate surface area is 96.1 Å². The van der Waals surface area contributed by atoms with Crippen LogP contribution >= 0.6 is 22.6 Å². The zero-order valence-corrected chi connectivity index (χ0v) is 9.89. The number of benzene rings is 1. The predicted molar refractivity (Wildman–Crippen MR) is 65.8 cm³/mol. The Morgan fingerprint density at radius 3 is 2.43 bits per heavy atom. The van der Waals surface area contributed by atoms with E-state index in [0.29, 0.717) is 5.69 Å². The molecule has 1 aromatic heterocycles. The highest BCUT2D eigenvalue weighted by atomic mass is 127. The summed E-state index contributed by atoms with van der Waals surface area (Å²) in [5, 5.41) is 4.30. The lowest BCUT2D eigenvalue weighted by atomic mass is 10.1. The first kappa shape index (κ1) is 9.51. The molecular formula is C10H10IN3. The van der Waals surface area contributed by atoms with Crippen molar-refractivity contribution in [2.24, 2.45) is 7.05 Å². The summed E-state index contributed by atoms with van der Waals surface area (Å²) < 4.78 is 2.93. The van der Waals surface area contributed by atoms with E-state index < -0.39 is 0 Å². The molecule has 0 saturated heterocycles. The van der Waals surface area contributed by atoms with Gasteiger partial charge in [0.05, 0.1) is 5.69 Å². The van der Waals surface area contributed by atoms with Gasteiger partial charge in [-0.3, -0.25) is 4.68 Å². The average molecular weight is 299 g/mol. The van der Waals surface area contributed by atoms with Crippen LogP contribution < -0.4 is 5.73 Å². The van der Waals surface area contributed by atoms with E-state index in [1.807, 2.05) is 37.5 Å². The van der Waals surface area contributed by atoms with Gasteiger partial charge in [0.15, 0.2) is 0 Å². The summed E-state index contributed by atoms with van der Waals surface area (Å²) in [7, 11) is 1.87. The molecule has 0 amide bonds. The number of aromatic nitrogens is 2. The van der Waals surface area contributed by atoms with E-state index in [1.54, 1.807) is 4.68 Å². The highest BCUT2D eigenvalue weighted by Gasteiger charge is 2.06. The van der Waals surface area contributed by atoms with Crippen LogP contribution in [0, 0.1) is 3.57 Å². The van der Waals surface area contributed by atoms with Crippen LogP contribution in [0.1, 0.15) is 0 Å². The largest absolute Gasteiger partial charge is 0.396 e.